The molecule has 0 fully saturated rings. The smallest absolute Gasteiger partial charge is 0.0514 e. The van der Waals surface area contributed by atoms with Crippen molar-refractivity contribution in [3.63, 3.8) is 0 Å². The molecule has 2 heteroatoms. The molecule has 2 rings (SSSR count). The van der Waals surface area contributed by atoms with Crippen LogP contribution in [0.25, 0.3) is 0 Å². The molecule has 0 saturated carbocycles. The van der Waals surface area contributed by atoms with Crippen LogP contribution in [0.15, 0.2) is 23.1 Å². The molecule has 1 aromatic carbocycles. The Morgan fingerprint density at radius 1 is 1.33 bits per heavy atom. The Balaban J connectivity index is 2.42. The number of benzene rings is 1. The van der Waals surface area contributed by atoms with E-state index in [1.165, 1.54) is 16.1 Å². The van der Waals surface area contributed by atoms with Gasteiger partial charge in [-0.25, -0.2) is 0 Å². The molecule has 0 amide bonds. The first kappa shape index (κ1) is 10.9. The van der Waals surface area contributed by atoms with Gasteiger partial charge in [0.2, 0.25) is 0 Å². The number of para-hydroxylation sites is 1. The number of rotatable bonds is 1. The van der Waals surface area contributed by atoms with Crippen molar-refractivity contribution in [1.29, 1.82) is 0 Å². The third kappa shape index (κ3) is 2.15. The quantitative estimate of drug-likeness (QED) is 0.766. The lowest BCUT2D eigenvalue weighted by molar-refractivity contribution is 0.733. The molecule has 0 atom stereocenters. The maximum Gasteiger partial charge on any atom is 0.0514 e. The summed E-state index contributed by atoms with van der Waals surface area (Å²) in [5.41, 5.74) is 2.80. The van der Waals surface area contributed by atoms with Crippen LogP contribution in [0.3, 0.4) is 0 Å². The van der Waals surface area contributed by atoms with E-state index < -0.39 is 0 Å². The fourth-order valence-electron chi connectivity index (χ4n) is 1.94. The first-order valence-corrected chi connectivity index (χ1v) is 6.37. The van der Waals surface area contributed by atoms with E-state index in [0.29, 0.717) is 10.7 Å². The second-order valence-corrected chi connectivity index (χ2v) is 6.84. The molecule has 0 radical (unpaired) electrons. The van der Waals surface area contributed by atoms with Crippen LogP contribution in [-0.2, 0) is 0 Å². The van der Waals surface area contributed by atoms with Crippen molar-refractivity contribution in [3.05, 3.63) is 23.8 Å². The SMILES string of the molecule is CC(C)c1cccc2c1NCC(C)(C)S2. The molecule has 0 aromatic heterocycles. The van der Waals surface area contributed by atoms with Gasteiger partial charge in [-0.05, 0) is 31.4 Å². The van der Waals surface area contributed by atoms with Crippen molar-refractivity contribution < 1.29 is 0 Å². The van der Waals surface area contributed by atoms with Gasteiger partial charge in [-0.2, -0.15) is 0 Å². The standard InChI is InChI=1S/C13H19NS/c1-9(2)10-6-5-7-11-12(10)14-8-13(3,4)15-11/h5-7,9,14H,8H2,1-4H3. The number of hydrogen-bond acceptors (Lipinski definition) is 2. The van der Waals surface area contributed by atoms with Crippen LogP contribution in [0.5, 0.6) is 0 Å². The molecule has 1 aliphatic heterocycles. The van der Waals surface area contributed by atoms with E-state index in [1.807, 2.05) is 11.8 Å². The number of anilines is 1. The molecule has 15 heavy (non-hydrogen) atoms. The summed E-state index contributed by atoms with van der Waals surface area (Å²) < 4.78 is 0.308. The van der Waals surface area contributed by atoms with Crippen LogP contribution >= 0.6 is 11.8 Å². The number of fused-ring (bicyclic) bond motifs is 1. The highest BCUT2D eigenvalue weighted by molar-refractivity contribution is 8.00. The largest absolute Gasteiger partial charge is 0.383 e. The average Bonchev–Trinajstić information content (AvgIpc) is 2.14. The Labute approximate surface area is 96.7 Å². The third-order valence-electron chi connectivity index (χ3n) is 2.76. The van der Waals surface area contributed by atoms with E-state index in [-0.39, 0.29) is 0 Å². The molecule has 1 aromatic rings. The summed E-state index contributed by atoms with van der Waals surface area (Å²) in [6, 6.07) is 6.62. The fourth-order valence-corrected chi connectivity index (χ4v) is 3.12. The highest BCUT2D eigenvalue weighted by Crippen LogP contribution is 2.44. The van der Waals surface area contributed by atoms with Gasteiger partial charge in [0, 0.05) is 16.2 Å². The summed E-state index contributed by atoms with van der Waals surface area (Å²) in [4.78, 5) is 1.40. The summed E-state index contributed by atoms with van der Waals surface area (Å²) in [7, 11) is 0. The van der Waals surface area contributed by atoms with Crippen LogP contribution in [0.2, 0.25) is 0 Å². The fraction of sp³-hybridized carbons (Fsp3) is 0.538. The Morgan fingerprint density at radius 3 is 2.73 bits per heavy atom. The van der Waals surface area contributed by atoms with E-state index in [0.717, 1.165) is 6.54 Å². The summed E-state index contributed by atoms with van der Waals surface area (Å²) in [6.45, 7) is 10.1. The maximum absolute atomic E-state index is 3.58. The molecule has 1 nitrogen and oxygen atoms in total. The zero-order valence-corrected chi connectivity index (χ0v) is 10.7. The summed E-state index contributed by atoms with van der Waals surface area (Å²) in [5.74, 6) is 0.592. The normalized spacial score (nSPS) is 18.5. The lowest BCUT2D eigenvalue weighted by Gasteiger charge is -2.33. The van der Waals surface area contributed by atoms with Gasteiger partial charge in [0.25, 0.3) is 0 Å². The predicted molar refractivity (Wildman–Crippen MR) is 69.0 cm³/mol. The molecule has 0 bridgehead atoms. The van der Waals surface area contributed by atoms with Crippen LogP contribution in [0.4, 0.5) is 5.69 Å². The topological polar surface area (TPSA) is 12.0 Å². The van der Waals surface area contributed by atoms with Crippen molar-refractivity contribution in [2.45, 2.75) is 43.3 Å². The van der Waals surface area contributed by atoms with Gasteiger partial charge in [-0.1, -0.05) is 26.0 Å². The van der Waals surface area contributed by atoms with Gasteiger partial charge in [-0.3, -0.25) is 0 Å². The van der Waals surface area contributed by atoms with Crippen molar-refractivity contribution >= 4 is 17.4 Å². The van der Waals surface area contributed by atoms with Crippen molar-refractivity contribution in [2.75, 3.05) is 11.9 Å². The molecular formula is C13H19NS. The molecule has 0 spiro atoms. The number of nitrogens with one attached hydrogen (secondary N) is 1. The number of thioether (sulfide) groups is 1. The zero-order chi connectivity index (χ0) is 11.1. The minimum absolute atomic E-state index is 0.308. The van der Waals surface area contributed by atoms with E-state index in [9.17, 15) is 0 Å². The summed E-state index contributed by atoms with van der Waals surface area (Å²) in [6.07, 6.45) is 0. The Hall–Kier alpha value is -0.630. The van der Waals surface area contributed by atoms with Crippen LogP contribution in [-0.4, -0.2) is 11.3 Å². The molecule has 1 aliphatic rings. The first-order chi connectivity index (χ1) is 6.99. The molecule has 0 unspecified atom stereocenters. The van der Waals surface area contributed by atoms with Crippen LogP contribution in [0.1, 0.15) is 39.2 Å². The van der Waals surface area contributed by atoms with E-state index in [1.54, 1.807) is 0 Å². The Bertz CT molecular complexity index is 369. The monoisotopic (exact) mass is 221 g/mol. The minimum Gasteiger partial charge on any atom is -0.383 e. The van der Waals surface area contributed by atoms with Crippen molar-refractivity contribution in [2.24, 2.45) is 0 Å². The number of hydrogen-bond donors (Lipinski definition) is 1. The van der Waals surface area contributed by atoms with Crippen LogP contribution < -0.4 is 5.32 Å². The molecule has 1 heterocycles. The third-order valence-corrected chi connectivity index (χ3v) is 4.01. The highest BCUT2D eigenvalue weighted by Gasteiger charge is 2.27. The zero-order valence-electron chi connectivity index (χ0n) is 9.92. The van der Waals surface area contributed by atoms with E-state index >= 15 is 0 Å². The minimum atomic E-state index is 0.308. The van der Waals surface area contributed by atoms with Crippen molar-refractivity contribution in [3.8, 4) is 0 Å². The lowest BCUT2D eigenvalue weighted by Crippen LogP contribution is -2.30. The first-order valence-electron chi connectivity index (χ1n) is 5.55. The van der Waals surface area contributed by atoms with Gasteiger partial charge < -0.3 is 5.32 Å². The molecule has 1 N–H and O–H groups in total. The lowest BCUT2D eigenvalue weighted by atomic mass is 10.0. The molecular weight excluding hydrogens is 202 g/mol. The molecule has 0 aliphatic carbocycles. The average molecular weight is 221 g/mol. The molecule has 0 saturated heterocycles. The van der Waals surface area contributed by atoms with Gasteiger partial charge in [-0.15, -0.1) is 11.8 Å². The predicted octanol–water partition coefficient (Wildman–Crippen LogP) is 4.11. The van der Waals surface area contributed by atoms with Crippen molar-refractivity contribution in [1.82, 2.24) is 0 Å². The van der Waals surface area contributed by atoms with Gasteiger partial charge >= 0.3 is 0 Å². The Kier molecular flexibility index (Phi) is 2.72. The molecule has 82 valence electrons. The maximum atomic E-state index is 3.58. The highest BCUT2D eigenvalue weighted by atomic mass is 32.2. The van der Waals surface area contributed by atoms with Crippen LogP contribution in [0, 0.1) is 0 Å². The second kappa shape index (κ2) is 3.75. The second-order valence-electron chi connectivity index (χ2n) is 5.09. The Morgan fingerprint density at radius 2 is 2.07 bits per heavy atom. The summed E-state index contributed by atoms with van der Waals surface area (Å²) in [5, 5.41) is 3.58. The van der Waals surface area contributed by atoms with E-state index in [4.69, 9.17) is 0 Å². The van der Waals surface area contributed by atoms with Gasteiger partial charge in [0.15, 0.2) is 0 Å². The van der Waals surface area contributed by atoms with Gasteiger partial charge in [0.05, 0.1) is 5.69 Å². The van der Waals surface area contributed by atoms with Gasteiger partial charge in [0.1, 0.15) is 0 Å². The van der Waals surface area contributed by atoms with E-state index in [2.05, 4.69) is 51.2 Å². The summed E-state index contributed by atoms with van der Waals surface area (Å²) >= 11 is 1.98.